The fraction of sp³-hybridized carbons (Fsp3) is 0. The number of aromatic nitrogens is 1. The van der Waals surface area contributed by atoms with Gasteiger partial charge in [0.05, 0.1) is 16.3 Å². The molecule has 10 nitrogen and oxygen atoms in total. The lowest BCUT2D eigenvalue weighted by molar-refractivity contribution is -0.384. The summed E-state index contributed by atoms with van der Waals surface area (Å²) in [7, 11) is 0. The van der Waals surface area contributed by atoms with Gasteiger partial charge in [0.15, 0.2) is 5.71 Å². The normalized spacial score (nSPS) is 13.8. The molecule has 200 valence electrons. The second-order valence-electron chi connectivity index (χ2n) is 8.76. The summed E-state index contributed by atoms with van der Waals surface area (Å²) in [5, 5.41) is 23.5. The largest absolute Gasteiger partial charge is 0.457 e. The predicted octanol–water partition coefficient (Wildman–Crippen LogP) is 6.73. The number of nitro groups is 1. The van der Waals surface area contributed by atoms with E-state index in [1.165, 1.54) is 40.6 Å². The van der Waals surface area contributed by atoms with Crippen LogP contribution >= 0.6 is 11.3 Å². The fourth-order valence-corrected chi connectivity index (χ4v) is 4.79. The van der Waals surface area contributed by atoms with E-state index in [1.807, 2.05) is 66.0 Å². The highest BCUT2D eigenvalue weighted by Crippen LogP contribution is 2.30. The number of hydrazone groups is 2. The number of benzene rings is 4. The van der Waals surface area contributed by atoms with Crippen LogP contribution in [0.15, 0.2) is 125 Å². The molecule has 1 N–H and O–H groups in total. The molecule has 2 heterocycles. The van der Waals surface area contributed by atoms with Gasteiger partial charge in [0.1, 0.15) is 17.2 Å². The lowest BCUT2D eigenvalue weighted by atomic mass is 10.1. The highest BCUT2D eigenvalue weighted by Gasteiger charge is 2.36. The molecule has 1 aliphatic heterocycles. The smallest absolute Gasteiger partial charge is 0.303 e. The molecule has 6 rings (SSSR count). The minimum atomic E-state index is -0.486. The molecule has 1 aromatic heterocycles. The summed E-state index contributed by atoms with van der Waals surface area (Å²) in [6, 6.07) is 31.9. The number of amides is 1. The molecule has 0 unspecified atom stereocenters. The Morgan fingerprint density at radius 1 is 0.829 bits per heavy atom. The molecular weight excluding hydrogens is 540 g/mol. The van der Waals surface area contributed by atoms with Gasteiger partial charge in [-0.15, -0.1) is 11.3 Å². The lowest BCUT2D eigenvalue weighted by Gasteiger charge is -2.08. The van der Waals surface area contributed by atoms with Crippen LogP contribution in [0.1, 0.15) is 5.56 Å². The Labute approximate surface area is 238 Å². The third kappa shape index (κ3) is 5.56. The molecule has 0 fully saturated rings. The first kappa shape index (κ1) is 25.6. The highest BCUT2D eigenvalue weighted by atomic mass is 32.1. The molecule has 0 spiro atoms. The monoisotopic (exact) mass is 560 g/mol. The van der Waals surface area contributed by atoms with Gasteiger partial charge in [0, 0.05) is 28.6 Å². The number of para-hydroxylation sites is 1. The van der Waals surface area contributed by atoms with E-state index in [4.69, 9.17) is 4.74 Å². The van der Waals surface area contributed by atoms with Crippen molar-refractivity contribution in [3.63, 3.8) is 0 Å². The third-order valence-corrected chi connectivity index (χ3v) is 6.86. The van der Waals surface area contributed by atoms with Crippen LogP contribution in [0.2, 0.25) is 0 Å². The average molecular weight is 561 g/mol. The number of carbonyl (C=O) groups excluding carboxylic acids is 1. The Bertz CT molecular complexity index is 1770. The quantitative estimate of drug-likeness (QED) is 0.166. The van der Waals surface area contributed by atoms with Crippen LogP contribution in [0.4, 0.5) is 16.5 Å². The lowest BCUT2D eigenvalue weighted by Crippen LogP contribution is -2.28. The molecule has 0 bridgehead atoms. The van der Waals surface area contributed by atoms with E-state index < -0.39 is 10.8 Å². The van der Waals surface area contributed by atoms with E-state index in [2.05, 4.69) is 20.6 Å². The maximum absolute atomic E-state index is 13.6. The zero-order valence-corrected chi connectivity index (χ0v) is 22.1. The number of hydrogen-bond acceptors (Lipinski definition) is 9. The van der Waals surface area contributed by atoms with Gasteiger partial charge in [-0.3, -0.25) is 20.3 Å². The molecule has 0 saturated heterocycles. The maximum Gasteiger partial charge on any atom is 0.303 e. The first-order valence-electron chi connectivity index (χ1n) is 12.4. The minimum Gasteiger partial charge on any atom is -0.457 e. The topological polar surface area (TPSA) is 122 Å². The second-order valence-corrected chi connectivity index (χ2v) is 9.60. The van der Waals surface area contributed by atoms with Crippen LogP contribution in [0, 0.1) is 10.1 Å². The van der Waals surface area contributed by atoms with E-state index in [9.17, 15) is 14.9 Å². The number of nitro benzene ring substituents is 1. The van der Waals surface area contributed by atoms with Gasteiger partial charge < -0.3 is 4.74 Å². The number of anilines is 2. The number of carbonyl (C=O) groups is 1. The van der Waals surface area contributed by atoms with Gasteiger partial charge in [-0.25, -0.2) is 4.98 Å². The number of nitrogens with zero attached hydrogens (tertiary/aromatic N) is 5. The summed E-state index contributed by atoms with van der Waals surface area (Å²) in [4.78, 5) is 28.9. The van der Waals surface area contributed by atoms with E-state index in [0.29, 0.717) is 33.6 Å². The van der Waals surface area contributed by atoms with Gasteiger partial charge in [-0.1, -0.05) is 48.5 Å². The summed E-state index contributed by atoms with van der Waals surface area (Å²) < 4.78 is 5.83. The van der Waals surface area contributed by atoms with Crippen molar-refractivity contribution in [3.05, 3.63) is 130 Å². The van der Waals surface area contributed by atoms with E-state index in [0.717, 1.165) is 5.56 Å². The second kappa shape index (κ2) is 11.2. The van der Waals surface area contributed by atoms with Gasteiger partial charge in [-0.2, -0.15) is 15.2 Å². The molecule has 0 radical (unpaired) electrons. The van der Waals surface area contributed by atoms with Crippen LogP contribution in [0.25, 0.3) is 11.3 Å². The first-order chi connectivity index (χ1) is 20.0. The predicted molar refractivity (Wildman–Crippen MR) is 159 cm³/mol. The summed E-state index contributed by atoms with van der Waals surface area (Å²) in [6.07, 6.45) is 0. The Morgan fingerprint density at radius 2 is 1.49 bits per heavy atom. The van der Waals surface area contributed by atoms with Gasteiger partial charge >= 0.3 is 5.91 Å². The van der Waals surface area contributed by atoms with Crippen LogP contribution < -0.4 is 15.2 Å². The average Bonchev–Trinajstić information content (AvgIpc) is 3.63. The molecule has 0 saturated carbocycles. The SMILES string of the molecule is O=C1/C(=N/Nc2ccc(Oc3ccccc3)cc2)C(c2ccc([N+](=O)[O-])cc2)=NN1c1nc(-c2ccccc2)cs1. The zero-order chi connectivity index (χ0) is 28.2. The van der Waals surface area contributed by atoms with Gasteiger partial charge in [-0.05, 0) is 48.5 Å². The van der Waals surface area contributed by atoms with Crippen LogP contribution in [0.3, 0.4) is 0 Å². The molecule has 1 aliphatic rings. The number of hydrogen-bond donors (Lipinski definition) is 1. The number of rotatable bonds is 8. The van der Waals surface area contributed by atoms with Gasteiger partial charge in [0.2, 0.25) is 5.13 Å². The number of ether oxygens (including phenoxy) is 1. The van der Waals surface area contributed by atoms with E-state index in [1.54, 1.807) is 24.3 Å². The van der Waals surface area contributed by atoms with Crippen molar-refractivity contribution in [2.75, 3.05) is 10.4 Å². The molecule has 41 heavy (non-hydrogen) atoms. The number of thiazole rings is 1. The standard InChI is InChI=1S/C30H20N6O4S/c37-29-28(33-32-22-13-17-25(18-14-22)40-24-9-5-2-6-10-24)27(21-11-15-23(16-12-21)36(38)39)34-35(29)30-31-26(19-41-30)20-7-3-1-4-8-20/h1-19,32H/b33-28+. The molecule has 11 heteroatoms. The Morgan fingerprint density at radius 3 is 2.17 bits per heavy atom. The fourth-order valence-electron chi connectivity index (χ4n) is 4.01. The molecule has 0 atom stereocenters. The minimum absolute atomic E-state index is 0.0416. The van der Waals surface area contributed by atoms with Crippen molar-refractivity contribution in [3.8, 4) is 22.8 Å². The molecule has 0 aliphatic carbocycles. The van der Waals surface area contributed by atoms with Crippen molar-refractivity contribution >= 4 is 45.2 Å². The Kier molecular flexibility index (Phi) is 6.99. The summed E-state index contributed by atoms with van der Waals surface area (Å²) in [6.45, 7) is 0. The van der Waals surface area contributed by atoms with Crippen molar-refractivity contribution in [1.82, 2.24) is 4.98 Å². The summed E-state index contributed by atoms with van der Waals surface area (Å²) >= 11 is 1.28. The summed E-state index contributed by atoms with van der Waals surface area (Å²) in [5.74, 6) is 0.874. The van der Waals surface area contributed by atoms with Crippen LogP contribution in [0.5, 0.6) is 11.5 Å². The van der Waals surface area contributed by atoms with E-state index in [-0.39, 0.29) is 17.1 Å². The first-order valence-corrected chi connectivity index (χ1v) is 13.3. The van der Waals surface area contributed by atoms with E-state index >= 15 is 0 Å². The van der Waals surface area contributed by atoms with Crippen LogP contribution in [-0.4, -0.2) is 27.2 Å². The Hall–Kier alpha value is -5.68. The van der Waals surface area contributed by atoms with Gasteiger partial charge in [0.25, 0.3) is 5.69 Å². The van der Waals surface area contributed by atoms with Crippen molar-refractivity contribution in [2.24, 2.45) is 10.2 Å². The number of non-ortho nitro benzene ring substituents is 1. The molecular formula is C30H20N6O4S. The number of nitrogens with one attached hydrogen (secondary N) is 1. The summed E-state index contributed by atoms with van der Waals surface area (Å²) in [5.41, 5.74) is 5.90. The van der Waals surface area contributed by atoms with Crippen molar-refractivity contribution < 1.29 is 14.5 Å². The maximum atomic E-state index is 13.6. The molecule has 1 amide bonds. The zero-order valence-electron chi connectivity index (χ0n) is 21.2. The van der Waals surface area contributed by atoms with Crippen molar-refractivity contribution in [2.45, 2.75) is 0 Å². The molecule has 4 aromatic carbocycles. The van der Waals surface area contributed by atoms with Crippen LogP contribution in [-0.2, 0) is 4.79 Å². The third-order valence-electron chi connectivity index (χ3n) is 6.04. The highest BCUT2D eigenvalue weighted by molar-refractivity contribution is 7.14. The molecule has 5 aromatic rings. The van der Waals surface area contributed by atoms with Crippen molar-refractivity contribution in [1.29, 1.82) is 0 Å². The Balaban J connectivity index is 1.28.